The maximum Gasteiger partial charge on any atom is 0.416 e. The van der Waals surface area contributed by atoms with Gasteiger partial charge in [-0.25, -0.2) is 14.5 Å². The van der Waals surface area contributed by atoms with Gasteiger partial charge in [-0.3, -0.25) is 4.79 Å². The molecule has 0 aliphatic heterocycles. The summed E-state index contributed by atoms with van der Waals surface area (Å²) in [6.45, 7) is 3.27. The molecular weight excluding hydrogens is 424 g/mol. The summed E-state index contributed by atoms with van der Waals surface area (Å²) in [4.78, 5) is 36.2. The van der Waals surface area contributed by atoms with Gasteiger partial charge in [-0.1, -0.05) is 70.4 Å². The number of hydrogen-bond acceptors (Lipinski definition) is 4. The van der Waals surface area contributed by atoms with E-state index in [0.717, 1.165) is 38.5 Å². The molecule has 192 valence electrons. The minimum Gasteiger partial charge on any atom is -0.465 e. The van der Waals surface area contributed by atoms with Crippen LogP contribution in [0.5, 0.6) is 0 Å². The molecule has 33 heavy (non-hydrogen) atoms. The van der Waals surface area contributed by atoms with Crippen molar-refractivity contribution in [1.82, 2.24) is 9.80 Å². The molecule has 0 aromatic heterocycles. The zero-order chi connectivity index (χ0) is 24.9. The van der Waals surface area contributed by atoms with Gasteiger partial charge < -0.3 is 20.2 Å². The molecule has 0 saturated carbocycles. The number of carboxylic acid groups (broad SMARTS) is 2. The molecule has 3 N–H and O–H groups in total. The predicted molar refractivity (Wildman–Crippen MR) is 130 cm³/mol. The largest absolute Gasteiger partial charge is 0.465 e. The molecule has 0 bridgehead atoms. The zero-order valence-electron chi connectivity index (χ0n) is 20.7. The van der Waals surface area contributed by atoms with E-state index in [-0.39, 0.29) is 30.5 Å². The molecule has 0 radical (unpaired) electrons. The van der Waals surface area contributed by atoms with Crippen molar-refractivity contribution in [3.8, 4) is 0 Å². The Labute approximate surface area is 199 Å². The summed E-state index contributed by atoms with van der Waals surface area (Å²) < 4.78 is 0. The summed E-state index contributed by atoms with van der Waals surface area (Å²) in [5.74, 6) is -0.190. The maximum absolute atomic E-state index is 12.5. The number of aliphatic hydroxyl groups is 1. The van der Waals surface area contributed by atoms with Gasteiger partial charge in [0.15, 0.2) is 0 Å². The highest BCUT2D eigenvalue weighted by molar-refractivity contribution is 5.85. The zero-order valence-corrected chi connectivity index (χ0v) is 20.7. The first-order chi connectivity index (χ1) is 15.8. The first-order valence-corrected chi connectivity index (χ1v) is 12.6. The molecule has 0 aromatic rings. The lowest BCUT2D eigenvalue weighted by molar-refractivity contribution is -0.134. The molecule has 0 aliphatic rings. The van der Waals surface area contributed by atoms with E-state index >= 15 is 0 Å². The summed E-state index contributed by atoms with van der Waals surface area (Å²) >= 11 is 0. The van der Waals surface area contributed by atoms with Crippen LogP contribution >= 0.6 is 0 Å². The summed E-state index contributed by atoms with van der Waals surface area (Å²) in [7, 11) is 0. The summed E-state index contributed by atoms with van der Waals surface area (Å²) in [5, 5.41) is 27.2. The first kappa shape index (κ1) is 30.9. The molecule has 0 fully saturated rings. The second kappa shape index (κ2) is 20.5. The molecule has 3 amide bonds. The van der Waals surface area contributed by atoms with Crippen molar-refractivity contribution in [1.29, 1.82) is 0 Å². The van der Waals surface area contributed by atoms with Crippen molar-refractivity contribution in [2.75, 3.05) is 19.7 Å². The average Bonchev–Trinajstić information content (AvgIpc) is 2.77. The summed E-state index contributed by atoms with van der Waals surface area (Å²) in [6, 6.07) is -0.639. The lowest BCUT2D eigenvalue weighted by atomic mass is 10.1. The number of unbranched alkanes of at least 4 members (excludes halogenated alkanes) is 11. The average molecular weight is 471 g/mol. The Morgan fingerprint density at radius 1 is 0.788 bits per heavy atom. The standard InChI is InChI=1S/C25H46N2O6/c1-3-4-5-6-7-8-9-10-11-12-13-14-15-16-17-18-23(29)26(19-20-28)22(2)21-27(24(30)31)25(32)33/h10-11,22,28H,3-9,12-21H2,1-2H3,(H,30,31)(H,32,33). The monoisotopic (exact) mass is 470 g/mol. The number of aliphatic hydroxyl groups excluding tert-OH is 1. The maximum atomic E-state index is 12.5. The normalized spacial score (nSPS) is 12.1. The lowest BCUT2D eigenvalue weighted by Gasteiger charge is -2.30. The minimum absolute atomic E-state index is 0.0537. The van der Waals surface area contributed by atoms with Crippen LogP contribution in [0.4, 0.5) is 9.59 Å². The van der Waals surface area contributed by atoms with Gasteiger partial charge in [0.05, 0.1) is 13.2 Å². The van der Waals surface area contributed by atoms with Crippen LogP contribution in [0.15, 0.2) is 12.2 Å². The van der Waals surface area contributed by atoms with Gasteiger partial charge in [0.25, 0.3) is 0 Å². The summed E-state index contributed by atoms with van der Waals surface area (Å²) in [5.41, 5.74) is 0. The highest BCUT2D eigenvalue weighted by Gasteiger charge is 2.27. The predicted octanol–water partition coefficient (Wildman–Crippen LogP) is 5.89. The molecule has 8 heteroatoms. The van der Waals surface area contributed by atoms with Gasteiger partial charge in [0.2, 0.25) is 5.91 Å². The number of allylic oxidation sites excluding steroid dienone is 2. The van der Waals surface area contributed by atoms with Crippen molar-refractivity contribution < 1.29 is 29.7 Å². The van der Waals surface area contributed by atoms with E-state index in [0.29, 0.717) is 6.42 Å². The van der Waals surface area contributed by atoms with Gasteiger partial charge >= 0.3 is 12.2 Å². The van der Waals surface area contributed by atoms with Crippen molar-refractivity contribution >= 4 is 18.1 Å². The smallest absolute Gasteiger partial charge is 0.416 e. The Bertz CT molecular complexity index is 553. The van der Waals surface area contributed by atoms with E-state index in [1.165, 1.54) is 49.8 Å². The molecule has 0 saturated heterocycles. The minimum atomic E-state index is -1.58. The fraction of sp³-hybridized carbons (Fsp3) is 0.800. The van der Waals surface area contributed by atoms with Crippen LogP contribution in [0.3, 0.4) is 0 Å². The third-order valence-corrected chi connectivity index (χ3v) is 5.75. The van der Waals surface area contributed by atoms with E-state index in [4.69, 9.17) is 10.2 Å². The van der Waals surface area contributed by atoms with E-state index in [1.807, 2.05) is 0 Å². The Hall–Kier alpha value is -2.09. The van der Waals surface area contributed by atoms with E-state index in [1.54, 1.807) is 6.92 Å². The Kier molecular flexibility index (Phi) is 19.2. The van der Waals surface area contributed by atoms with Gasteiger partial charge in [0.1, 0.15) is 0 Å². The molecular formula is C25H46N2O6. The molecule has 0 rings (SSSR count). The van der Waals surface area contributed by atoms with Crippen molar-refractivity contribution in [2.24, 2.45) is 0 Å². The van der Waals surface area contributed by atoms with Crippen LogP contribution in [-0.4, -0.2) is 69.0 Å². The van der Waals surface area contributed by atoms with Crippen LogP contribution in [0, 0.1) is 0 Å². The molecule has 0 heterocycles. The second-order valence-electron chi connectivity index (χ2n) is 8.67. The quantitative estimate of drug-likeness (QED) is 0.151. The van der Waals surface area contributed by atoms with E-state index < -0.39 is 18.2 Å². The second-order valence-corrected chi connectivity index (χ2v) is 8.67. The third-order valence-electron chi connectivity index (χ3n) is 5.75. The Morgan fingerprint density at radius 3 is 1.76 bits per heavy atom. The molecule has 0 aromatic carbocycles. The van der Waals surface area contributed by atoms with Gasteiger partial charge in [-0.2, -0.15) is 0 Å². The number of imide groups is 1. The molecule has 8 nitrogen and oxygen atoms in total. The number of nitrogens with zero attached hydrogens (tertiary/aromatic N) is 2. The van der Waals surface area contributed by atoms with Crippen LogP contribution in [0.25, 0.3) is 0 Å². The fourth-order valence-corrected chi connectivity index (χ4v) is 3.79. The number of carbonyl (C=O) groups excluding carboxylic acids is 1. The van der Waals surface area contributed by atoms with Crippen molar-refractivity contribution in [2.45, 2.75) is 110 Å². The third kappa shape index (κ3) is 16.2. The number of hydrogen-bond donors (Lipinski definition) is 3. The molecule has 1 atom stereocenters. The topological polar surface area (TPSA) is 118 Å². The number of carbonyl (C=O) groups is 3. The lowest BCUT2D eigenvalue weighted by Crippen LogP contribution is -2.49. The Morgan fingerprint density at radius 2 is 1.27 bits per heavy atom. The SMILES string of the molecule is CCCCCCCCC=CCCCCCCCC(=O)N(CCO)C(C)CN(C(=O)O)C(=O)O. The highest BCUT2D eigenvalue weighted by Crippen LogP contribution is 2.12. The van der Waals surface area contributed by atoms with Gasteiger partial charge in [0, 0.05) is 19.0 Å². The van der Waals surface area contributed by atoms with Crippen LogP contribution in [-0.2, 0) is 4.79 Å². The molecule has 0 aliphatic carbocycles. The first-order valence-electron chi connectivity index (χ1n) is 12.6. The van der Waals surface area contributed by atoms with Crippen LogP contribution < -0.4 is 0 Å². The van der Waals surface area contributed by atoms with Crippen LogP contribution in [0.2, 0.25) is 0 Å². The van der Waals surface area contributed by atoms with Crippen molar-refractivity contribution in [3.05, 3.63) is 12.2 Å². The van der Waals surface area contributed by atoms with Crippen molar-refractivity contribution in [3.63, 3.8) is 0 Å². The number of amides is 3. The fourth-order valence-electron chi connectivity index (χ4n) is 3.79. The van der Waals surface area contributed by atoms with E-state index in [2.05, 4.69) is 19.1 Å². The number of rotatable bonds is 20. The Balaban J connectivity index is 3.98. The van der Waals surface area contributed by atoms with E-state index in [9.17, 15) is 19.5 Å². The molecule has 1 unspecified atom stereocenters. The van der Waals surface area contributed by atoms with Crippen LogP contribution in [0.1, 0.15) is 104 Å². The molecule has 0 spiro atoms. The van der Waals surface area contributed by atoms with Gasteiger partial charge in [-0.05, 0) is 39.0 Å². The van der Waals surface area contributed by atoms with Gasteiger partial charge in [-0.15, -0.1) is 0 Å². The highest BCUT2D eigenvalue weighted by atomic mass is 16.4. The summed E-state index contributed by atoms with van der Waals surface area (Å²) in [6.07, 6.45) is 16.9.